The molecule has 0 fully saturated rings. The maximum absolute atomic E-state index is 5.10. The fourth-order valence-electron chi connectivity index (χ4n) is 2.53. The van der Waals surface area contributed by atoms with Gasteiger partial charge in [-0.25, -0.2) is 22.3 Å². The van der Waals surface area contributed by atoms with Crippen LogP contribution < -0.4 is 0 Å². The van der Waals surface area contributed by atoms with E-state index in [0.717, 1.165) is 5.56 Å². The molecule has 1 aromatic carbocycles. The van der Waals surface area contributed by atoms with Crippen LogP contribution in [0.5, 0.6) is 0 Å². The summed E-state index contributed by atoms with van der Waals surface area (Å²) < 4.78 is 0. The van der Waals surface area contributed by atoms with E-state index < -0.39 is 0 Å². The van der Waals surface area contributed by atoms with Crippen molar-refractivity contribution >= 4 is 5.43 Å². The fraction of sp³-hybridized carbons (Fsp3) is 0.385. The van der Waals surface area contributed by atoms with Crippen molar-refractivity contribution in [2.75, 3.05) is 0 Å². The molecule has 2 atom stereocenters. The Bertz CT molecular complexity index is 707. The normalized spacial score (nSPS) is 19.0. The summed E-state index contributed by atoms with van der Waals surface area (Å²) in [7, 11) is 0. The van der Waals surface area contributed by atoms with Gasteiger partial charge in [0.05, 0.1) is 0 Å². The molecule has 0 spiro atoms. The molecule has 0 heterocycles. The monoisotopic (exact) mass is 464 g/mol. The van der Waals surface area contributed by atoms with Gasteiger partial charge in [-0.1, -0.05) is 63.7 Å². The van der Waals surface area contributed by atoms with Crippen molar-refractivity contribution in [1.29, 1.82) is 0 Å². The van der Waals surface area contributed by atoms with Gasteiger partial charge in [0, 0.05) is 5.56 Å². The average Bonchev–Trinajstić information content (AvgIpc) is 3.07. The molecule has 0 nitrogen and oxygen atoms in total. The molecule has 2 aliphatic carbocycles. The van der Waals surface area contributed by atoms with Crippen LogP contribution in [0.2, 0.25) is 13.1 Å². The maximum atomic E-state index is 5.10. The van der Waals surface area contributed by atoms with E-state index in [0.29, 0.717) is 11.8 Å². The van der Waals surface area contributed by atoms with Crippen LogP contribution in [0, 0.1) is 36.3 Å². The first-order valence-corrected chi connectivity index (χ1v) is 15.9. The van der Waals surface area contributed by atoms with Gasteiger partial charge in [-0.15, -0.1) is 20.3 Å². The molecule has 0 saturated heterocycles. The van der Waals surface area contributed by atoms with Crippen molar-refractivity contribution in [2.45, 2.75) is 54.6 Å². The van der Waals surface area contributed by atoms with Crippen LogP contribution in [0.15, 0.2) is 64.8 Å². The molecule has 0 aromatic heterocycles. The predicted molar refractivity (Wildman–Crippen MR) is 123 cm³/mol. The van der Waals surface area contributed by atoms with Gasteiger partial charge in [0.25, 0.3) is 0 Å². The number of terminal acetylenes is 1. The van der Waals surface area contributed by atoms with Gasteiger partial charge in [-0.2, -0.15) is 12.2 Å². The fourth-order valence-corrected chi connectivity index (χ4v) is 2.53. The molecule has 0 bridgehead atoms. The van der Waals surface area contributed by atoms with E-state index in [1.165, 1.54) is 22.3 Å². The summed E-state index contributed by atoms with van der Waals surface area (Å²) in [5, 5.41) is 0. The summed E-state index contributed by atoms with van der Waals surface area (Å²) in [6.45, 7) is 17.4. The third-order valence-electron chi connectivity index (χ3n) is 4.01. The van der Waals surface area contributed by atoms with Crippen LogP contribution in [0.3, 0.4) is 0 Å². The zero-order valence-corrected chi connectivity index (χ0v) is 22.2. The number of rotatable bonds is 0. The molecule has 1 aromatic rings. The molecule has 0 N–H and O–H groups in total. The first-order valence-electron chi connectivity index (χ1n) is 9.68. The number of hydrogen-bond acceptors (Lipinski definition) is 0. The number of hydrogen-bond donors (Lipinski definition) is 0. The molecule has 2 heteroatoms. The second-order valence-electron chi connectivity index (χ2n) is 7.33. The van der Waals surface area contributed by atoms with Crippen molar-refractivity contribution < 1.29 is 23.3 Å². The van der Waals surface area contributed by atoms with Crippen LogP contribution in [-0.2, 0) is 23.3 Å². The topological polar surface area (TPSA) is 0 Å². The van der Waals surface area contributed by atoms with Crippen LogP contribution in [0.1, 0.15) is 47.1 Å². The van der Waals surface area contributed by atoms with Gasteiger partial charge in [0.1, 0.15) is 0 Å². The summed E-state index contributed by atoms with van der Waals surface area (Å²) in [6, 6.07) is 9.60. The van der Waals surface area contributed by atoms with E-state index in [1.54, 1.807) is 23.3 Å². The first kappa shape index (κ1) is 26.8. The minimum absolute atomic E-state index is 0.210. The van der Waals surface area contributed by atoms with Gasteiger partial charge < -0.3 is 0 Å². The molecule has 2 unspecified atom stereocenters. The molecule has 0 saturated carbocycles. The molecule has 0 radical (unpaired) electrons. The van der Waals surface area contributed by atoms with Crippen LogP contribution >= 0.6 is 0 Å². The number of benzene rings is 1. The second kappa shape index (κ2) is 14.8. The van der Waals surface area contributed by atoms with Crippen molar-refractivity contribution in [3.63, 3.8) is 0 Å². The Hall–Kier alpha value is -1.16. The zero-order valence-electron chi connectivity index (χ0n) is 18.8. The molecular formula is C26H34SiZr. The van der Waals surface area contributed by atoms with E-state index in [4.69, 9.17) is 6.42 Å². The Morgan fingerprint density at radius 2 is 1.21 bits per heavy atom. The Labute approximate surface area is 189 Å². The average molecular weight is 466 g/mol. The van der Waals surface area contributed by atoms with Crippen LogP contribution in [-0.4, -0.2) is 5.43 Å². The first-order chi connectivity index (χ1) is 13.1. The Kier molecular flexibility index (Phi) is 14.2. The quantitative estimate of drug-likeness (QED) is 0.217. The SMILES string of the molecule is C#Cc1ccccc1.CC1=[C-]C(C)C=C1C.CC1=[C-]C(C)C=C1C.C[Si](C)=[Zr+2]. The van der Waals surface area contributed by atoms with E-state index >= 15 is 0 Å². The summed E-state index contributed by atoms with van der Waals surface area (Å²) in [5.41, 5.74) is 6.56. The third kappa shape index (κ3) is 13.1. The molecule has 0 amide bonds. The molecular weight excluding hydrogens is 432 g/mol. The van der Waals surface area contributed by atoms with Crippen LogP contribution in [0.4, 0.5) is 0 Å². The van der Waals surface area contributed by atoms with Crippen molar-refractivity contribution in [1.82, 2.24) is 0 Å². The van der Waals surface area contributed by atoms with Crippen molar-refractivity contribution in [2.24, 2.45) is 11.8 Å². The van der Waals surface area contributed by atoms with Gasteiger partial charge in [-0.05, 0) is 12.1 Å². The minimum atomic E-state index is 0.210. The zero-order chi connectivity index (χ0) is 21.7. The van der Waals surface area contributed by atoms with Gasteiger partial charge in [-0.3, -0.25) is 12.2 Å². The van der Waals surface area contributed by atoms with Crippen LogP contribution in [0.25, 0.3) is 0 Å². The molecule has 3 rings (SSSR count). The van der Waals surface area contributed by atoms with Gasteiger partial charge in [0.2, 0.25) is 0 Å². The second-order valence-corrected chi connectivity index (χ2v) is 16.7. The van der Waals surface area contributed by atoms with Gasteiger partial charge >= 0.3 is 41.9 Å². The summed E-state index contributed by atoms with van der Waals surface area (Å²) in [6.07, 6.45) is 16.1. The Morgan fingerprint density at radius 1 is 0.857 bits per heavy atom. The summed E-state index contributed by atoms with van der Waals surface area (Å²) in [4.78, 5) is 0. The van der Waals surface area contributed by atoms with Crippen molar-refractivity contribution in [3.8, 4) is 12.3 Å². The summed E-state index contributed by atoms with van der Waals surface area (Å²) in [5.74, 6) is 3.63. The molecule has 0 aliphatic heterocycles. The standard InChI is InChI=1S/2C8H11.C8H6.C2H6Si.Zr/c2*1-6-4-7(2)8(3)5-6;1-2-8-6-4-3-5-7-8;1-3-2;/h2*4,6H,1-3H3;1,3-7H;1-2H3;/q2*-1;;;+2. The Balaban J connectivity index is 0.000000358. The van der Waals surface area contributed by atoms with E-state index in [2.05, 4.69) is 84.9 Å². The molecule has 146 valence electrons. The number of allylic oxidation sites excluding steroid dienone is 8. The van der Waals surface area contributed by atoms with E-state index in [1.807, 2.05) is 30.3 Å². The van der Waals surface area contributed by atoms with Gasteiger partial charge in [0.15, 0.2) is 0 Å². The predicted octanol–water partition coefficient (Wildman–Crippen LogP) is 7.12. The molecule has 28 heavy (non-hydrogen) atoms. The molecule has 2 aliphatic rings. The van der Waals surface area contributed by atoms with E-state index in [9.17, 15) is 0 Å². The van der Waals surface area contributed by atoms with E-state index in [-0.39, 0.29) is 5.43 Å². The Morgan fingerprint density at radius 3 is 1.36 bits per heavy atom. The third-order valence-corrected chi connectivity index (χ3v) is 4.01. The van der Waals surface area contributed by atoms with Crippen molar-refractivity contribution in [3.05, 3.63) is 82.5 Å². The summed E-state index contributed by atoms with van der Waals surface area (Å²) >= 11 is 1.74.